The Morgan fingerprint density at radius 1 is 1.52 bits per heavy atom. The Bertz CT molecular complexity index is 520. The molecule has 0 aliphatic carbocycles. The molecule has 1 heterocycles. The first-order chi connectivity index (χ1) is 10.0. The second-order valence-corrected chi connectivity index (χ2v) is 5.35. The van der Waals surface area contributed by atoms with E-state index in [2.05, 4.69) is 4.90 Å². The molecule has 2 rings (SSSR count). The van der Waals surface area contributed by atoms with E-state index in [-0.39, 0.29) is 24.0 Å². The van der Waals surface area contributed by atoms with Crippen LogP contribution in [0.4, 0.5) is 5.69 Å². The van der Waals surface area contributed by atoms with Gasteiger partial charge in [-0.05, 0) is 36.9 Å². The molecule has 1 saturated heterocycles. The summed E-state index contributed by atoms with van der Waals surface area (Å²) in [6.45, 7) is 2.37. The lowest BCUT2D eigenvalue weighted by atomic mass is 9.98. The molecule has 0 saturated carbocycles. The molecule has 2 N–H and O–H groups in total. The predicted molar refractivity (Wildman–Crippen MR) is 76.4 cm³/mol. The molecule has 1 unspecified atom stereocenters. The summed E-state index contributed by atoms with van der Waals surface area (Å²) in [5.41, 5.74) is 0.370. The highest BCUT2D eigenvalue weighted by Gasteiger charge is 2.23. The standard InChI is InChI=1S/C14H20N2O5/c1-21-13-6-11(5-12(14(13)18)16(19)20)8-15-4-2-3-10(7-15)9-17/h5-6,10,17-18H,2-4,7-9H2,1H3. The fourth-order valence-corrected chi connectivity index (χ4v) is 2.74. The largest absolute Gasteiger partial charge is 0.500 e. The molecule has 1 aliphatic rings. The van der Waals surface area contributed by atoms with Crippen LogP contribution in [-0.4, -0.2) is 46.8 Å². The van der Waals surface area contributed by atoms with E-state index >= 15 is 0 Å². The van der Waals surface area contributed by atoms with Gasteiger partial charge in [0, 0.05) is 25.8 Å². The molecule has 116 valence electrons. The van der Waals surface area contributed by atoms with Crippen LogP contribution in [0.2, 0.25) is 0 Å². The Labute approximate surface area is 122 Å². The van der Waals surface area contributed by atoms with E-state index in [1.807, 2.05) is 0 Å². The van der Waals surface area contributed by atoms with E-state index in [9.17, 15) is 20.3 Å². The number of aliphatic hydroxyl groups is 1. The smallest absolute Gasteiger partial charge is 0.314 e. The first-order valence-electron chi connectivity index (χ1n) is 6.92. The molecule has 0 radical (unpaired) electrons. The van der Waals surface area contributed by atoms with Gasteiger partial charge in [-0.3, -0.25) is 15.0 Å². The summed E-state index contributed by atoms with van der Waals surface area (Å²) in [6.07, 6.45) is 2.01. The van der Waals surface area contributed by atoms with Crippen LogP contribution in [0.15, 0.2) is 12.1 Å². The summed E-state index contributed by atoms with van der Waals surface area (Å²) in [5, 5.41) is 30.0. The molecule has 0 aromatic heterocycles. The van der Waals surface area contributed by atoms with Gasteiger partial charge in [0.25, 0.3) is 0 Å². The number of methoxy groups -OCH3 is 1. The highest BCUT2D eigenvalue weighted by Crippen LogP contribution is 2.37. The minimum Gasteiger partial charge on any atom is -0.500 e. The lowest BCUT2D eigenvalue weighted by Gasteiger charge is -2.31. The topological polar surface area (TPSA) is 96.1 Å². The first-order valence-corrected chi connectivity index (χ1v) is 6.92. The average molecular weight is 296 g/mol. The van der Waals surface area contributed by atoms with Crippen molar-refractivity contribution in [3.63, 3.8) is 0 Å². The van der Waals surface area contributed by atoms with Gasteiger partial charge in [0.15, 0.2) is 5.75 Å². The fourth-order valence-electron chi connectivity index (χ4n) is 2.74. The molecule has 1 fully saturated rings. The summed E-state index contributed by atoms with van der Waals surface area (Å²) in [4.78, 5) is 12.5. The van der Waals surface area contributed by atoms with Crippen molar-refractivity contribution in [2.24, 2.45) is 5.92 Å². The Morgan fingerprint density at radius 3 is 2.90 bits per heavy atom. The van der Waals surface area contributed by atoms with Crippen molar-refractivity contribution < 1.29 is 19.9 Å². The predicted octanol–water partition coefficient (Wildman–Crippen LogP) is 1.51. The lowest BCUT2D eigenvalue weighted by molar-refractivity contribution is -0.386. The van der Waals surface area contributed by atoms with Crippen molar-refractivity contribution >= 4 is 5.69 Å². The zero-order valence-corrected chi connectivity index (χ0v) is 12.0. The number of piperidine rings is 1. The Kier molecular flexibility index (Phi) is 4.98. The number of phenolic OH excluding ortho intramolecular Hbond substituents is 1. The number of ether oxygens (including phenoxy) is 1. The summed E-state index contributed by atoms with van der Waals surface area (Å²) in [7, 11) is 1.37. The summed E-state index contributed by atoms with van der Waals surface area (Å²) >= 11 is 0. The van der Waals surface area contributed by atoms with Gasteiger partial charge >= 0.3 is 5.69 Å². The van der Waals surface area contributed by atoms with Crippen LogP contribution < -0.4 is 4.74 Å². The third-order valence-electron chi connectivity index (χ3n) is 3.80. The fraction of sp³-hybridized carbons (Fsp3) is 0.571. The van der Waals surface area contributed by atoms with Gasteiger partial charge in [0.1, 0.15) is 0 Å². The van der Waals surface area contributed by atoms with Crippen LogP contribution in [0.3, 0.4) is 0 Å². The Morgan fingerprint density at radius 2 is 2.29 bits per heavy atom. The summed E-state index contributed by atoms with van der Waals surface area (Å²) in [6, 6.07) is 2.99. The van der Waals surface area contributed by atoms with E-state index in [0.29, 0.717) is 6.54 Å². The van der Waals surface area contributed by atoms with E-state index in [4.69, 9.17) is 4.74 Å². The average Bonchev–Trinajstić information content (AvgIpc) is 2.48. The van der Waals surface area contributed by atoms with Crippen molar-refractivity contribution in [3.8, 4) is 11.5 Å². The van der Waals surface area contributed by atoms with Crippen molar-refractivity contribution in [1.29, 1.82) is 0 Å². The van der Waals surface area contributed by atoms with Gasteiger partial charge in [-0.2, -0.15) is 0 Å². The van der Waals surface area contributed by atoms with Gasteiger partial charge in [0.2, 0.25) is 5.75 Å². The molecule has 0 amide bonds. The maximum atomic E-state index is 11.0. The van der Waals surface area contributed by atoms with Crippen molar-refractivity contribution in [2.45, 2.75) is 19.4 Å². The zero-order valence-electron chi connectivity index (χ0n) is 12.0. The number of hydrogen-bond donors (Lipinski definition) is 2. The molecular formula is C14H20N2O5. The molecule has 21 heavy (non-hydrogen) atoms. The molecule has 1 aromatic carbocycles. The molecule has 1 aromatic rings. The number of phenols is 1. The number of aliphatic hydroxyl groups excluding tert-OH is 1. The van der Waals surface area contributed by atoms with Crippen LogP contribution in [0.5, 0.6) is 11.5 Å². The lowest BCUT2D eigenvalue weighted by Crippen LogP contribution is -2.36. The van der Waals surface area contributed by atoms with Gasteiger partial charge in [-0.15, -0.1) is 0 Å². The minimum absolute atomic E-state index is 0.106. The molecular weight excluding hydrogens is 276 g/mol. The molecule has 1 aliphatic heterocycles. The molecule has 7 heteroatoms. The van der Waals surface area contributed by atoms with Gasteiger partial charge in [0.05, 0.1) is 12.0 Å². The highest BCUT2D eigenvalue weighted by molar-refractivity contribution is 5.57. The maximum absolute atomic E-state index is 11.0. The van der Waals surface area contributed by atoms with Crippen LogP contribution in [0.25, 0.3) is 0 Å². The quantitative estimate of drug-likeness (QED) is 0.631. The number of nitro groups is 1. The first kappa shape index (κ1) is 15.5. The number of nitro benzene ring substituents is 1. The minimum atomic E-state index is -0.617. The van der Waals surface area contributed by atoms with Crippen molar-refractivity contribution in [3.05, 3.63) is 27.8 Å². The molecule has 1 atom stereocenters. The number of likely N-dealkylation sites (tertiary alicyclic amines) is 1. The van der Waals surface area contributed by atoms with Gasteiger partial charge < -0.3 is 14.9 Å². The van der Waals surface area contributed by atoms with Gasteiger partial charge in [-0.1, -0.05) is 0 Å². The van der Waals surface area contributed by atoms with E-state index in [0.717, 1.165) is 31.5 Å². The second kappa shape index (κ2) is 6.73. The monoisotopic (exact) mass is 296 g/mol. The number of nitrogens with zero attached hydrogens (tertiary/aromatic N) is 2. The van der Waals surface area contributed by atoms with Crippen molar-refractivity contribution in [1.82, 2.24) is 4.90 Å². The van der Waals surface area contributed by atoms with Crippen LogP contribution in [0, 0.1) is 16.0 Å². The maximum Gasteiger partial charge on any atom is 0.314 e. The molecule has 0 bridgehead atoms. The Hall–Kier alpha value is -1.86. The SMILES string of the molecule is COc1cc(CN2CCCC(CO)C2)cc([N+](=O)[O-])c1O. The van der Waals surface area contributed by atoms with Crippen LogP contribution >= 0.6 is 0 Å². The third kappa shape index (κ3) is 3.62. The third-order valence-corrected chi connectivity index (χ3v) is 3.80. The van der Waals surface area contributed by atoms with Crippen LogP contribution in [0.1, 0.15) is 18.4 Å². The molecule has 0 spiro atoms. The van der Waals surface area contributed by atoms with Gasteiger partial charge in [-0.25, -0.2) is 0 Å². The number of hydrogen-bond acceptors (Lipinski definition) is 6. The van der Waals surface area contributed by atoms with Crippen molar-refractivity contribution in [2.75, 3.05) is 26.8 Å². The zero-order chi connectivity index (χ0) is 15.4. The number of benzene rings is 1. The normalized spacial score (nSPS) is 19.4. The second-order valence-electron chi connectivity index (χ2n) is 5.35. The number of rotatable bonds is 5. The summed E-state index contributed by atoms with van der Waals surface area (Å²) < 4.78 is 4.99. The highest BCUT2D eigenvalue weighted by atomic mass is 16.6. The van der Waals surface area contributed by atoms with Crippen LogP contribution in [-0.2, 0) is 6.54 Å². The van der Waals surface area contributed by atoms with E-state index in [1.165, 1.54) is 13.2 Å². The Balaban J connectivity index is 2.19. The van der Waals surface area contributed by atoms with E-state index < -0.39 is 10.7 Å². The van der Waals surface area contributed by atoms with E-state index in [1.54, 1.807) is 6.07 Å². The number of aromatic hydroxyl groups is 1. The molecule has 7 nitrogen and oxygen atoms in total. The summed E-state index contributed by atoms with van der Waals surface area (Å²) in [5.74, 6) is -0.0826.